The molecule has 2 fully saturated rings. The Labute approximate surface area is 279 Å². The first-order chi connectivity index (χ1) is 23.1. The number of rotatable bonds is 7. The molecule has 2 aliphatic rings. The second kappa shape index (κ2) is 14.4. The van der Waals surface area contributed by atoms with Crippen LogP contribution in [0.4, 0.5) is 0 Å². The van der Waals surface area contributed by atoms with Crippen LogP contribution < -0.4 is 16.0 Å². The van der Waals surface area contributed by atoms with E-state index in [9.17, 15) is 19.2 Å². The van der Waals surface area contributed by atoms with E-state index in [-0.39, 0.29) is 67.3 Å². The van der Waals surface area contributed by atoms with Gasteiger partial charge in [0, 0.05) is 54.1 Å². The number of para-hydroxylation sites is 1. The Balaban J connectivity index is 1.24. The van der Waals surface area contributed by atoms with Crippen LogP contribution in [-0.2, 0) is 27.3 Å². The van der Waals surface area contributed by atoms with E-state index in [0.717, 1.165) is 34.9 Å². The van der Waals surface area contributed by atoms with Gasteiger partial charge in [0.15, 0.2) is 0 Å². The number of amides is 4. The fraction of sp³-hybridized carbons (Fsp3) is 0.457. The van der Waals surface area contributed by atoms with Crippen LogP contribution in [0.1, 0.15) is 67.9 Å². The van der Waals surface area contributed by atoms with Gasteiger partial charge in [-0.2, -0.15) is 0 Å². The summed E-state index contributed by atoms with van der Waals surface area (Å²) in [5.74, 6) is -0.820. The van der Waals surface area contributed by atoms with Crippen molar-refractivity contribution in [3.05, 3.63) is 77.7 Å². The Morgan fingerprint density at radius 2 is 1.83 bits per heavy atom. The van der Waals surface area contributed by atoms with Gasteiger partial charge < -0.3 is 25.8 Å². The van der Waals surface area contributed by atoms with Crippen molar-refractivity contribution in [1.82, 2.24) is 46.0 Å². The Morgan fingerprint density at radius 3 is 2.58 bits per heavy atom. The molecule has 0 aliphatic carbocycles. The predicted molar refractivity (Wildman–Crippen MR) is 178 cm³/mol. The van der Waals surface area contributed by atoms with Crippen molar-refractivity contribution >= 4 is 34.5 Å². The molecule has 13 nitrogen and oxygen atoms in total. The number of nitrogens with one attached hydrogen (secondary N) is 4. The summed E-state index contributed by atoms with van der Waals surface area (Å²) in [5, 5.41) is 21.4. The smallest absolute Gasteiger partial charge is 0.251 e. The molecule has 0 radical (unpaired) electrons. The van der Waals surface area contributed by atoms with Gasteiger partial charge >= 0.3 is 0 Å². The number of hydrogen-bond donors (Lipinski definition) is 4. The second-order valence-electron chi connectivity index (χ2n) is 13.5. The van der Waals surface area contributed by atoms with Gasteiger partial charge in [-0.3, -0.25) is 19.2 Å². The Kier molecular flexibility index (Phi) is 9.83. The van der Waals surface area contributed by atoms with Gasteiger partial charge in [-0.15, -0.1) is 5.10 Å². The lowest BCUT2D eigenvalue weighted by Gasteiger charge is -2.30. The van der Waals surface area contributed by atoms with E-state index in [1.165, 1.54) is 6.33 Å². The summed E-state index contributed by atoms with van der Waals surface area (Å²) in [6.07, 6.45) is 5.68. The summed E-state index contributed by atoms with van der Waals surface area (Å²) in [6.45, 7) is 6.77. The van der Waals surface area contributed by atoms with E-state index in [4.69, 9.17) is 0 Å². The van der Waals surface area contributed by atoms with E-state index in [1.54, 1.807) is 21.7 Å². The third-order valence-corrected chi connectivity index (χ3v) is 9.54. The average molecular weight is 654 g/mol. The third-order valence-electron chi connectivity index (χ3n) is 9.54. The van der Waals surface area contributed by atoms with Crippen molar-refractivity contribution in [2.75, 3.05) is 6.54 Å². The predicted octanol–water partition coefficient (Wildman–Crippen LogP) is 2.59. The zero-order valence-electron chi connectivity index (χ0n) is 27.6. The van der Waals surface area contributed by atoms with Crippen molar-refractivity contribution in [2.24, 2.45) is 11.8 Å². The molecule has 0 saturated carbocycles. The van der Waals surface area contributed by atoms with E-state index < -0.39 is 18.1 Å². The molecule has 4 N–H and O–H groups in total. The van der Waals surface area contributed by atoms with Crippen molar-refractivity contribution < 1.29 is 19.2 Å². The molecule has 48 heavy (non-hydrogen) atoms. The number of aromatic nitrogens is 5. The Morgan fingerprint density at radius 1 is 1.04 bits per heavy atom. The quantitative estimate of drug-likeness (QED) is 0.238. The summed E-state index contributed by atoms with van der Waals surface area (Å²) in [7, 11) is 0. The van der Waals surface area contributed by atoms with Crippen LogP contribution >= 0.6 is 0 Å². The average Bonchev–Trinajstić information content (AvgIpc) is 3.83. The lowest BCUT2D eigenvalue weighted by molar-refractivity contribution is -0.141. The van der Waals surface area contributed by atoms with Crippen molar-refractivity contribution in [3.8, 4) is 0 Å². The normalized spacial score (nSPS) is 24.0. The summed E-state index contributed by atoms with van der Waals surface area (Å²) in [6, 6.07) is 12.7. The van der Waals surface area contributed by atoms with Gasteiger partial charge in [0.1, 0.15) is 18.4 Å². The standard InChI is InChI=1S/C35H43N9O4/c1-21(2)28-13-8-22(3)14-32(45)39-30(15-25-17-36-29-7-5-4-6-27(25)29)35(48)44-19-26(16-31(44)34(47)40-28)38-33(46)24-11-9-23(10-12-24)18-43-20-37-41-42-43/h4-7,9-12,17,20-22,26,28,30-31,36H,8,13-16,18-19H2,1-3H3,(H,38,46)(H,39,45)(H,40,47)/t22-,26-,28+,30-,31+/m1/s1. The maximum atomic E-state index is 14.4. The molecule has 0 spiro atoms. The molecule has 6 rings (SSSR count). The highest BCUT2D eigenvalue weighted by Crippen LogP contribution is 2.25. The van der Waals surface area contributed by atoms with E-state index in [2.05, 4.69) is 50.3 Å². The van der Waals surface area contributed by atoms with Crippen LogP contribution in [-0.4, -0.2) is 84.4 Å². The van der Waals surface area contributed by atoms with E-state index in [0.29, 0.717) is 12.1 Å². The van der Waals surface area contributed by atoms with Gasteiger partial charge in [0.25, 0.3) is 5.91 Å². The van der Waals surface area contributed by atoms with Crippen LogP contribution in [0.2, 0.25) is 0 Å². The van der Waals surface area contributed by atoms with Crippen LogP contribution in [0.3, 0.4) is 0 Å². The lowest BCUT2D eigenvalue weighted by Crippen LogP contribution is -2.55. The van der Waals surface area contributed by atoms with Crippen LogP contribution in [0.15, 0.2) is 61.1 Å². The molecule has 2 saturated heterocycles. The molecule has 4 aromatic rings. The first kappa shape index (κ1) is 32.9. The molecule has 2 aromatic carbocycles. The number of fused-ring (bicyclic) bond motifs is 2. The van der Waals surface area contributed by atoms with Gasteiger partial charge in [0.05, 0.1) is 6.54 Å². The molecular weight excluding hydrogens is 610 g/mol. The number of nitrogens with zero attached hydrogens (tertiary/aromatic N) is 5. The Bertz CT molecular complexity index is 1750. The highest BCUT2D eigenvalue weighted by molar-refractivity contribution is 5.96. The number of benzene rings is 2. The number of hydrogen-bond acceptors (Lipinski definition) is 7. The van der Waals surface area contributed by atoms with Gasteiger partial charge in [0.2, 0.25) is 17.7 Å². The fourth-order valence-corrected chi connectivity index (χ4v) is 6.81. The number of tetrazole rings is 1. The number of carbonyl (C=O) groups is 4. The van der Waals surface area contributed by atoms with Gasteiger partial charge in [-0.05, 0) is 70.9 Å². The zero-order valence-corrected chi connectivity index (χ0v) is 27.6. The van der Waals surface area contributed by atoms with E-state index >= 15 is 0 Å². The molecule has 4 amide bonds. The third kappa shape index (κ3) is 7.56. The van der Waals surface area contributed by atoms with E-state index in [1.807, 2.05) is 49.5 Å². The summed E-state index contributed by atoms with van der Waals surface area (Å²) >= 11 is 0. The topological polar surface area (TPSA) is 167 Å². The zero-order chi connectivity index (χ0) is 33.8. The summed E-state index contributed by atoms with van der Waals surface area (Å²) in [4.78, 5) is 59.9. The molecule has 5 atom stereocenters. The molecule has 4 heterocycles. The molecule has 2 aromatic heterocycles. The van der Waals surface area contributed by atoms with Crippen LogP contribution in [0.5, 0.6) is 0 Å². The van der Waals surface area contributed by atoms with Gasteiger partial charge in [-0.1, -0.05) is 51.1 Å². The maximum absolute atomic E-state index is 14.4. The maximum Gasteiger partial charge on any atom is 0.251 e. The largest absolute Gasteiger partial charge is 0.361 e. The molecular formula is C35H43N9O4. The van der Waals surface area contributed by atoms with Gasteiger partial charge in [-0.25, -0.2) is 4.68 Å². The van der Waals surface area contributed by atoms with Crippen molar-refractivity contribution in [1.29, 1.82) is 0 Å². The van der Waals surface area contributed by atoms with Crippen molar-refractivity contribution in [3.63, 3.8) is 0 Å². The highest BCUT2D eigenvalue weighted by atomic mass is 16.2. The van der Waals surface area contributed by atoms with Crippen LogP contribution in [0.25, 0.3) is 10.9 Å². The molecule has 0 unspecified atom stereocenters. The summed E-state index contributed by atoms with van der Waals surface area (Å²) in [5.41, 5.74) is 3.23. The minimum atomic E-state index is -0.886. The first-order valence-corrected chi connectivity index (χ1v) is 16.7. The molecule has 13 heteroatoms. The SMILES string of the molecule is CC(C)[C@@H]1CC[C@@H](C)CC(=O)N[C@H](Cc2c[nH]c3ccccc23)C(=O)N2C[C@H](NC(=O)c3ccc(Cn4cnnn4)cc3)C[C@H]2C(=O)N1. The van der Waals surface area contributed by atoms with Crippen molar-refractivity contribution in [2.45, 2.75) is 83.6 Å². The summed E-state index contributed by atoms with van der Waals surface area (Å²) < 4.78 is 1.59. The molecule has 0 bridgehead atoms. The molecule has 252 valence electrons. The number of aromatic amines is 1. The monoisotopic (exact) mass is 653 g/mol. The first-order valence-electron chi connectivity index (χ1n) is 16.7. The molecule has 2 aliphatic heterocycles. The Hall–Kier alpha value is -5.07. The highest BCUT2D eigenvalue weighted by Gasteiger charge is 2.43. The minimum Gasteiger partial charge on any atom is -0.361 e. The van der Waals surface area contributed by atoms with Crippen LogP contribution in [0, 0.1) is 11.8 Å². The second-order valence-corrected chi connectivity index (χ2v) is 13.5. The lowest BCUT2D eigenvalue weighted by atomic mass is 9.92. The number of carbonyl (C=O) groups excluding carboxylic acids is 4. The fourth-order valence-electron chi connectivity index (χ4n) is 6.81. The number of H-pyrrole nitrogens is 1. The minimum absolute atomic E-state index is 0.0841.